The minimum atomic E-state index is -0.141. The van der Waals surface area contributed by atoms with Crippen LogP contribution < -0.4 is 0 Å². The van der Waals surface area contributed by atoms with Crippen molar-refractivity contribution in [2.24, 2.45) is 0 Å². The molecular formula is C15H19N3O2S. The van der Waals surface area contributed by atoms with E-state index in [1.165, 1.54) is 4.88 Å². The van der Waals surface area contributed by atoms with Gasteiger partial charge in [-0.1, -0.05) is 6.07 Å². The Balaban J connectivity index is 1.56. The average Bonchev–Trinajstić information content (AvgIpc) is 3.16. The Hall–Kier alpha value is -1.66. The van der Waals surface area contributed by atoms with E-state index < -0.39 is 0 Å². The van der Waals surface area contributed by atoms with Crippen LogP contribution in [0.4, 0.5) is 0 Å². The molecule has 1 unspecified atom stereocenters. The van der Waals surface area contributed by atoms with Crippen molar-refractivity contribution in [1.82, 2.24) is 14.9 Å². The maximum atomic E-state index is 12.3. The number of aromatic nitrogens is 2. The van der Waals surface area contributed by atoms with E-state index in [0.29, 0.717) is 26.1 Å². The number of hydrogen-bond donors (Lipinski definition) is 1. The lowest BCUT2D eigenvalue weighted by molar-refractivity contribution is -0.139. The molecule has 1 saturated heterocycles. The summed E-state index contributed by atoms with van der Waals surface area (Å²) in [4.78, 5) is 23.0. The lowest BCUT2D eigenvalue weighted by Gasteiger charge is -2.32. The highest BCUT2D eigenvalue weighted by molar-refractivity contribution is 7.09. The third-order valence-corrected chi connectivity index (χ3v) is 4.55. The fraction of sp³-hybridized carbons (Fsp3) is 0.467. The molecule has 3 heterocycles. The van der Waals surface area contributed by atoms with E-state index in [2.05, 4.69) is 16.0 Å². The quantitative estimate of drug-likeness (QED) is 0.943. The first-order valence-corrected chi connectivity index (χ1v) is 8.03. The molecule has 0 spiro atoms. The Bertz CT molecular complexity index is 594. The van der Waals surface area contributed by atoms with Gasteiger partial charge < -0.3 is 14.6 Å². The van der Waals surface area contributed by atoms with Crippen LogP contribution in [0.15, 0.2) is 23.7 Å². The number of morpholine rings is 1. The van der Waals surface area contributed by atoms with Gasteiger partial charge in [-0.05, 0) is 24.8 Å². The summed E-state index contributed by atoms with van der Waals surface area (Å²) in [5, 5.41) is 2.05. The second-order valence-corrected chi connectivity index (χ2v) is 6.26. The predicted octanol–water partition coefficient (Wildman–Crippen LogP) is 2.31. The van der Waals surface area contributed by atoms with E-state index in [1.807, 2.05) is 23.3 Å². The van der Waals surface area contributed by atoms with Crippen molar-refractivity contribution in [3.63, 3.8) is 0 Å². The molecule has 0 radical (unpaired) electrons. The molecule has 1 aliphatic heterocycles. The second-order valence-electron chi connectivity index (χ2n) is 5.23. The number of thiophene rings is 1. The van der Waals surface area contributed by atoms with Crippen LogP contribution in [0.5, 0.6) is 0 Å². The highest BCUT2D eigenvalue weighted by Gasteiger charge is 2.26. The minimum absolute atomic E-state index is 0.141. The predicted molar refractivity (Wildman–Crippen MR) is 81.2 cm³/mol. The average molecular weight is 305 g/mol. The number of nitrogens with one attached hydrogen (secondary N) is 1. The van der Waals surface area contributed by atoms with Crippen LogP contribution in [0.1, 0.15) is 28.9 Å². The molecule has 21 heavy (non-hydrogen) atoms. The van der Waals surface area contributed by atoms with Crippen LogP contribution in [-0.2, 0) is 16.0 Å². The number of aryl methyl sites for hydroxylation is 2. The number of aromatic amines is 1. The molecule has 3 rings (SSSR count). The van der Waals surface area contributed by atoms with E-state index in [9.17, 15) is 4.79 Å². The fourth-order valence-corrected chi connectivity index (χ4v) is 3.19. The summed E-state index contributed by atoms with van der Waals surface area (Å²) in [7, 11) is 0. The van der Waals surface area contributed by atoms with Gasteiger partial charge in [-0.3, -0.25) is 4.79 Å². The maximum Gasteiger partial charge on any atom is 0.223 e. The third-order valence-electron chi connectivity index (χ3n) is 3.61. The molecule has 0 bridgehead atoms. The van der Waals surface area contributed by atoms with E-state index in [1.54, 1.807) is 17.5 Å². The molecule has 1 fully saturated rings. The Morgan fingerprint density at radius 2 is 2.52 bits per heavy atom. The summed E-state index contributed by atoms with van der Waals surface area (Å²) in [6, 6.07) is 4.10. The summed E-state index contributed by atoms with van der Waals surface area (Å²) in [6.45, 7) is 3.77. The van der Waals surface area contributed by atoms with Gasteiger partial charge in [0.05, 0.1) is 13.2 Å². The van der Waals surface area contributed by atoms with Crippen molar-refractivity contribution < 1.29 is 9.53 Å². The van der Waals surface area contributed by atoms with Gasteiger partial charge in [0.1, 0.15) is 11.9 Å². The number of H-pyrrole nitrogens is 1. The van der Waals surface area contributed by atoms with Gasteiger partial charge in [0, 0.05) is 29.7 Å². The van der Waals surface area contributed by atoms with Gasteiger partial charge in [0.15, 0.2) is 0 Å². The van der Waals surface area contributed by atoms with Gasteiger partial charge in [0.2, 0.25) is 5.91 Å². The number of amides is 1. The Morgan fingerprint density at radius 1 is 1.62 bits per heavy atom. The van der Waals surface area contributed by atoms with Gasteiger partial charge in [-0.25, -0.2) is 4.98 Å². The Labute approximate surface area is 128 Å². The van der Waals surface area contributed by atoms with Crippen LogP contribution in [0.2, 0.25) is 0 Å². The molecule has 6 heteroatoms. The Kier molecular flexibility index (Phi) is 4.36. The molecule has 1 atom stereocenters. The number of carbonyl (C=O) groups excluding carboxylic acids is 1. The highest BCUT2D eigenvalue weighted by atomic mass is 32.1. The van der Waals surface area contributed by atoms with Crippen molar-refractivity contribution in [1.29, 1.82) is 0 Å². The number of imidazole rings is 1. The molecule has 0 saturated carbocycles. The molecular weight excluding hydrogens is 286 g/mol. The topological polar surface area (TPSA) is 58.2 Å². The van der Waals surface area contributed by atoms with E-state index in [4.69, 9.17) is 4.74 Å². The zero-order chi connectivity index (χ0) is 14.7. The van der Waals surface area contributed by atoms with Crippen LogP contribution in [0.25, 0.3) is 0 Å². The van der Waals surface area contributed by atoms with Gasteiger partial charge in [-0.2, -0.15) is 0 Å². The number of hydrogen-bond acceptors (Lipinski definition) is 4. The SMILES string of the molecule is Cc1cnc(C2CN(C(=O)CCc3cccs3)CCO2)[nH]1. The minimum Gasteiger partial charge on any atom is -0.367 e. The van der Waals surface area contributed by atoms with Crippen LogP contribution in [-0.4, -0.2) is 40.5 Å². The first-order valence-electron chi connectivity index (χ1n) is 7.15. The number of rotatable bonds is 4. The fourth-order valence-electron chi connectivity index (χ4n) is 2.48. The van der Waals surface area contributed by atoms with Gasteiger partial charge in [-0.15, -0.1) is 11.3 Å². The lowest BCUT2D eigenvalue weighted by atomic mass is 10.2. The Morgan fingerprint density at radius 3 is 3.24 bits per heavy atom. The number of nitrogens with zero attached hydrogens (tertiary/aromatic N) is 2. The van der Waals surface area contributed by atoms with Crippen LogP contribution in [0.3, 0.4) is 0 Å². The van der Waals surface area contributed by atoms with Crippen molar-refractivity contribution in [3.8, 4) is 0 Å². The third kappa shape index (κ3) is 3.51. The molecule has 1 amide bonds. The molecule has 2 aromatic rings. The molecule has 0 aliphatic carbocycles. The standard InChI is InChI=1S/C15H19N3O2S/c1-11-9-16-15(17-11)13-10-18(6-7-20-13)14(19)5-4-12-3-2-8-21-12/h2-3,8-9,13H,4-7,10H2,1H3,(H,16,17). The first kappa shape index (κ1) is 14.3. The van der Waals surface area contributed by atoms with E-state index in [0.717, 1.165) is 17.9 Å². The largest absolute Gasteiger partial charge is 0.367 e. The summed E-state index contributed by atoms with van der Waals surface area (Å²) in [6.07, 6.45) is 3.03. The second kappa shape index (κ2) is 6.41. The van der Waals surface area contributed by atoms with E-state index in [-0.39, 0.29) is 12.0 Å². The van der Waals surface area contributed by atoms with Crippen molar-refractivity contribution in [2.75, 3.05) is 19.7 Å². The summed E-state index contributed by atoms with van der Waals surface area (Å²) in [5.74, 6) is 1.00. The first-order chi connectivity index (χ1) is 10.2. The molecule has 1 N–H and O–H groups in total. The zero-order valence-corrected chi connectivity index (χ0v) is 12.9. The van der Waals surface area contributed by atoms with Crippen LogP contribution in [0, 0.1) is 6.92 Å². The molecule has 0 aromatic carbocycles. The van der Waals surface area contributed by atoms with Crippen molar-refractivity contribution >= 4 is 17.2 Å². The normalized spacial score (nSPS) is 18.9. The van der Waals surface area contributed by atoms with Crippen molar-refractivity contribution in [3.05, 3.63) is 40.1 Å². The summed E-state index contributed by atoms with van der Waals surface area (Å²) < 4.78 is 5.72. The van der Waals surface area contributed by atoms with Crippen LogP contribution >= 0.6 is 11.3 Å². The molecule has 1 aliphatic rings. The molecule has 2 aromatic heterocycles. The maximum absolute atomic E-state index is 12.3. The highest BCUT2D eigenvalue weighted by Crippen LogP contribution is 2.21. The zero-order valence-electron chi connectivity index (χ0n) is 12.0. The van der Waals surface area contributed by atoms with Gasteiger partial charge >= 0.3 is 0 Å². The number of ether oxygens (including phenoxy) is 1. The monoisotopic (exact) mass is 305 g/mol. The molecule has 5 nitrogen and oxygen atoms in total. The van der Waals surface area contributed by atoms with Gasteiger partial charge in [0.25, 0.3) is 0 Å². The number of carbonyl (C=O) groups is 1. The van der Waals surface area contributed by atoms with E-state index >= 15 is 0 Å². The summed E-state index contributed by atoms with van der Waals surface area (Å²) in [5.41, 5.74) is 1.01. The lowest BCUT2D eigenvalue weighted by Crippen LogP contribution is -2.42. The molecule has 112 valence electrons. The summed E-state index contributed by atoms with van der Waals surface area (Å²) >= 11 is 1.70. The van der Waals surface area contributed by atoms with Crippen molar-refractivity contribution in [2.45, 2.75) is 25.9 Å². The smallest absolute Gasteiger partial charge is 0.223 e.